The maximum Gasteiger partial charge on any atom is 0.410 e. The van der Waals surface area contributed by atoms with Gasteiger partial charge in [0.2, 0.25) is 0 Å². The van der Waals surface area contributed by atoms with Gasteiger partial charge in [-0.25, -0.2) is 4.79 Å². The standard InChI is InChI=1S/C15H18F3NO2/c1-11(2)21-13(20)19-9-8-14(10-19,15(16,17)18)12-6-4-3-5-7-12/h3-7,11H,8-10H2,1-2H3. The smallest absolute Gasteiger partial charge is 0.410 e. The molecule has 1 saturated heterocycles. The molecule has 21 heavy (non-hydrogen) atoms. The molecule has 1 aromatic carbocycles. The summed E-state index contributed by atoms with van der Waals surface area (Å²) in [6, 6.07) is 7.76. The Kier molecular flexibility index (Phi) is 4.16. The Morgan fingerprint density at radius 3 is 2.43 bits per heavy atom. The molecule has 0 aliphatic carbocycles. The molecule has 1 heterocycles. The minimum Gasteiger partial charge on any atom is -0.447 e. The van der Waals surface area contributed by atoms with Gasteiger partial charge in [-0.1, -0.05) is 30.3 Å². The molecule has 0 bridgehead atoms. The van der Waals surface area contributed by atoms with Gasteiger partial charge in [0.25, 0.3) is 0 Å². The van der Waals surface area contributed by atoms with E-state index in [9.17, 15) is 18.0 Å². The van der Waals surface area contributed by atoms with Gasteiger partial charge < -0.3 is 9.64 Å². The lowest BCUT2D eigenvalue weighted by atomic mass is 9.79. The number of carbonyl (C=O) groups is 1. The Labute approximate surface area is 121 Å². The third-order valence-corrected chi connectivity index (χ3v) is 3.73. The number of benzene rings is 1. The van der Waals surface area contributed by atoms with Gasteiger partial charge in [0.05, 0.1) is 6.10 Å². The number of alkyl halides is 3. The summed E-state index contributed by atoms with van der Waals surface area (Å²) in [7, 11) is 0. The van der Waals surface area contributed by atoms with E-state index in [1.54, 1.807) is 32.0 Å². The number of rotatable bonds is 2. The SMILES string of the molecule is CC(C)OC(=O)N1CCC(c2ccccc2)(C(F)(F)F)C1. The fraction of sp³-hybridized carbons (Fsp3) is 0.533. The summed E-state index contributed by atoms with van der Waals surface area (Å²) in [6.07, 6.45) is -5.60. The molecule has 3 nitrogen and oxygen atoms in total. The molecule has 116 valence electrons. The van der Waals surface area contributed by atoms with E-state index in [4.69, 9.17) is 4.74 Å². The topological polar surface area (TPSA) is 29.5 Å². The highest BCUT2D eigenvalue weighted by Crippen LogP contribution is 2.47. The van der Waals surface area contributed by atoms with Gasteiger partial charge in [0.1, 0.15) is 5.41 Å². The highest BCUT2D eigenvalue weighted by molar-refractivity contribution is 5.68. The predicted molar refractivity (Wildman–Crippen MR) is 72.0 cm³/mol. The van der Waals surface area contributed by atoms with Crippen LogP contribution in [0.5, 0.6) is 0 Å². The highest BCUT2D eigenvalue weighted by atomic mass is 19.4. The zero-order valence-electron chi connectivity index (χ0n) is 12.0. The lowest BCUT2D eigenvalue weighted by Gasteiger charge is -2.32. The van der Waals surface area contributed by atoms with Crippen molar-refractivity contribution in [3.05, 3.63) is 35.9 Å². The molecule has 1 fully saturated rings. The van der Waals surface area contributed by atoms with E-state index in [0.29, 0.717) is 0 Å². The molecule has 6 heteroatoms. The summed E-state index contributed by atoms with van der Waals surface area (Å²) in [5.74, 6) is 0. The van der Waals surface area contributed by atoms with Gasteiger partial charge >= 0.3 is 12.3 Å². The van der Waals surface area contributed by atoms with Crippen molar-refractivity contribution in [1.82, 2.24) is 4.90 Å². The predicted octanol–water partition coefficient (Wildman–Crippen LogP) is 3.74. The van der Waals surface area contributed by atoms with E-state index < -0.39 is 24.2 Å². The molecule has 0 aromatic heterocycles. The summed E-state index contributed by atoms with van der Waals surface area (Å²) < 4.78 is 45.9. The van der Waals surface area contributed by atoms with Crippen molar-refractivity contribution in [3.63, 3.8) is 0 Å². The molecule has 0 N–H and O–H groups in total. The summed E-state index contributed by atoms with van der Waals surface area (Å²) in [6.45, 7) is 2.98. The first-order valence-corrected chi connectivity index (χ1v) is 6.84. The summed E-state index contributed by atoms with van der Waals surface area (Å²) in [5, 5.41) is 0. The second-order valence-electron chi connectivity index (χ2n) is 5.55. The van der Waals surface area contributed by atoms with Crippen molar-refractivity contribution in [3.8, 4) is 0 Å². The number of ether oxygens (including phenoxy) is 1. The molecule has 1 aromatic rings. The zero-order valence-corrected chi connectivity index (χ0v) is 12.0. The van der Waals surface area contributed by atoms with Crippen molar-refractivity contribution in [1.29, 1.82) is 0 Å². The van der Waals surface area contributed by atoms with Crippen LogP contribution in [0.25, 0.3) is 0 Å². The fourth-order valence-corrected chi connectivity index (χ4v) is 2.63. The van der Waals surface area contributed by atoms with Crippen LogP contribution in [0.3, 0.4) is 0 Å². The van der Waals surface area contributed by atoms with Crippen molar-refractivity contribution in [2.45, 2.75) is 38.0 Å². The zero-order chi connectivity index (χ0) is 15.7. The van der Waals surface area contributed by atoms with Crippen molar-refractivity contribution >= 4 is 6.09 Å². The second kappa shape index (κ2) is 5.58. The monoisotopic (exact) mass is 301 g/mol. The van der Waals surface area contributed by atoms with Crippen molar-refractivity contribution in [2.24, 2.45) is 0 Å². The van der Waals surface area contributed by atoms with E-state index in [0.717, 1.165) is 4.90 Å². The maximum atomic E-state index is 13.6. The van der Waals surface area contributed by atoms with Crippen molar-refractivity contribution < 1.29 is 22.7 Å². The number of hydrogen-bond donors (Lipinski definition) is 0. The van der Waals surface area contributed by atoms with Crippen LogP contribution in [0, 0.1) is 0 Å². The lowest BCUT2D eigenvalue weighted by Crippen LogP contribution is -2.45. The maximum absolute atomic E-state index is 13.6. The van der Waals surface area contributed by atoms with E-state index in [1.165, 1.54) is 12.1 Å². The van der Waals surface area contributed by atoms with Crippen LogP contribution in [0.2, 0.25) is 0 Å². The van der Waals surface area contributed by atoms with Crippen LogP contribution in [-0.4, -0.2) is 36.4 Å². The van der Waals surface area contributed by atoms with Crippen LogP contribution in [-0.2, 0) is 10.2 Å². The van der Waals surface area contributed by atoms with Gasteiger partial charge in [-0.15, -0.1) is 0 Å². The minimum atomic E-state index is -4.42. The molecule has 2 rings (SSSR count). The lowest BCUT2D eigenvalue weighted by molar-refractivity contribution is -0.186. The van der Waals surface area contributed by atoms with Crippen molar-refractivity contribution in [2.75, 3.05) is 13.1 Å². The molecule has 0 saturated carbocycles. The number of amides is 1. The Morgan fingerprint density at radius 1 is 1.29 bits per heavy atom. The van der Waals surface area contributed by atoms with E-state index >= 15 is 0 Å². The van der Waals surface area contributed by atoms with Gasteiger partial charge in [-0.3, -0.25) is 0 Å². The molecule has 0 spiro atoms. The average molecular weight is 301 g/mol. The average Bonchev–Trinajstić information content (AvgIpc) is 2.85. The number of nitrogens with zero attached hydrogens (tertiary/aromatic N) is 1. The Bertz CT molecular complexity index is 501. The highest BCUT2D eigenvalue weighted by Gasteiger charge is 2.59. The molecular formula is C15H18F3NO2. The molecule has 1 unspecified atom stereocenters. The molecular weight excluding hydrogens is 283 g/mol. The van der Waals surface area contributed by atoms with E-state index in [1.807, 2.05) is 0 Å². The largest absolute Gasteiger partial charge is 0.447 e. The van der Waals surface area contributed by atoms with Crippen LogP contribution in [0.4, 0.5) is 18.0 Å². The third-order valence-electron chi connectivity index (χ3n) is 3.73. The second-order valence-corrected chi connectivity index (χ2v) is 5.55. The van der Waals surface area contributed by atoms with E-state index in [2.05, 4.69) is 0 Å². The Hall–Kier alpha value is -1.72. The number of likely N-dealkylation sites (tertiary alicyclic amines) is 1. The first-order chi connectivity index (χ1) is 9.76. The van der Waals surface area contributed by atoms with Gasteiger partial charge in [-0.05, 0) is 25.8 Å². The van der Waals surface area contributed by atoms with E-state index in [-0.39, 0.29) is 24.6 Å². The molecule has 1 atom stereocenters. The van der Waals surface area contributed by atoms with Crippen LogP contribution >= 0.6 is 0 Å². The summed E-state index contributed by atoms with van der Waals surface area (Å²) in [5.41, 5.74) is -1.82. The number of hydrogen-bond acceptors (Lipinski definition) is 2. The summed E-state index contributed by atoms with van der Waals surface area (Å²) >= 11 is 0. The molecule has 1 aliphatic heterocycles. The fourth-order valence-electron chi connectivity index (χ4n) is 2.63. The first kappa shape index (κ1) is 15.7. The third kappa shape index (κ3) is 2.99. The van der Waals surface area contributed by atoms with Gasteiger partial charge in [0, 0.05) is 13.1 Å². The van der Waals surface area contributed by atoms with Crippen LogP contribution < -0.4 is 0 Å². The number of halogens is 3. The quantitative estimate of drug-likeness (QED) is 0.833. The summed E-state index contributed by atoms with van der Waals surface area (Å²) in [4.78, 5) is 13.0. The Balaban J connectivity index is 2.28. The number of carbonyl (C=O) groups excluding carboxylic acids is 1. The van der Waals surface area contributed by atoms with Gasteiger partial charge in [-0.2, -0.15) is 13.2 Å². The molecule has 1 aliphatic rings. The molecule has 1 amide bonds. The first-order valence-electron chi connectivity index (χ1n) is 6.84. The molecule has 0 radical (unpaired) electrons. The minimum absolute atomic E-state index is 0.0416. The van der Waals surface area contributed by atoms with Gasteiger partial charge in [0.15, 0.2) is 0 Å². The normalized spacial score (nSPS) is 22.7. The van der Waals surface area contributed by atoms with Crippen LogP contribution in [0.15, 0.2) is 30.3 Å². The Morgan fingerprint density at radius 2 is 1.90 bits per heavy atom. The van der Waals surface area contributed by atoms with Crippen LogP contribution in [0.1, 0.15) is 25.8 Å².